The van der Waals surface area contributed by atoms with Gasteiger partial charge in [0, 0.05) is 7.05 Å². The lowest BCUT2D eigenvalue weighted by molar-refractivity contribution is -0.363. The average molecular weight is 292 g/mol. The van der Waals surface area contributed by atoms with Crippen LogP contribution in [0.2, 0.25) is 0 Å². The van der Waals surface area contributed by atoms with Gasteiger partial charge in [-0.05, 0) is 23.8 Å². The fraction of sp³-hybridized carbons (Fsp3) is 0.154. The minimum atomic E-state index is -0.569. The first kappa shape index (κ1) is 14.0. The zero-order valence-electron chi connectivity index (χ0n) is 10.9. The number of rotatable bonds is 3. The molecule has 0 radical (unpaired) electrons. The van der Waals surface area contributed by atoms with E-state index in [2.05, 4.69) is 0 Å². The summed E-state index contributed by atoms with van der Waals surface area (Å²) in [5.74, 6) is 0.684. The molecule has 104 valence electrons. The molecule has 0 N–H and O–H groups in total. The van der Waals surface area contributed by atoms with Crippen molar-refractivity contribution in [3.8, 4) is 5.75 Å². The summed E-state index contributed by atoms with van der Waals surface area (Å²) in [6.45, 7) is 0. The first-order chi connectivity index (χ1) is 9.51. The molecule has 2 aromatic rings. The molecule has 2 rings (SSSR count). The second kappa shape index (κ2) is 5.70. The van der Waals surface area contributed by atoms with Gasteiger partial charge in [-0.2, -0.15) is 0 Å². The average Bonchev–Trinajstić information content (AvgIpc) is 2.67. The van der Waals surface area contributed by atoms with Gasteiger partial charge in [-0.1, -0.05) is 12.1 Å². The van der Waals surface area contributed by atoms with E-state index in [0.29, 0.717) is 14.9 Å². The number of thiazole rings is 1. The lowest BCUT2D eigenvalue weighted by Crippen LogP contribution is -2.29. The van der Waals surface area contributed by atoms with Crippen molar-refractivity contribution in [3.63, 3.8) is 0 Å². The van der Waals surface area contributed by atoms with Crippen molar-refractivity contribution in [1.82, 2.24) is 4.57 Å². The van der Waals surface area contributed by atoms with Gasteiger partial charge in [-0.25, -0.2) is 0 Å². The van der Waals surface area contributed by atoms with Gasteiger partial charge in [0.2, 0.25) is 0 Å². The lowest BCUT2D eigenvalue weighted by atomic mass is 10.2. The van der Waals surface area contributed by atoms with Crippen LogP contribution in [0, 0.1) is 10.1 Å². The van der Waals surface area contributed by atoms with E-state index >= 15 is 0 Å². The third kappa shape index (κ3) is 2.94. The Morgan fingerprint density at radius 3 is 2.85 bits per heavy atom. The van der Waals surface area contributed by atoms with E-state index in [1.807, 2.05) is 12.1 Å². The van der Waals surface area contributed by atoms with Crippen LogP contribution >= 0.6 is 11.3 Å². The molecule has 0 fully saturated rings. The smallest absolute Gasteiger partial charge is 0.268 e. The van der Waals surface area contributed by atoms with E-state index in [9.17, 15) is 14.9 Å². The van der Waals surface area contributed by atoms with E-state index in [1.165, 1.54) is 11.6 Å². The van der Waals surface area contributed by atoms with Gasteiger partial charge < -0.3 is 4.74 Å². The molecular formula is C13H12N2O4S. The molecule has 0 aliphatic rings. The Kier molecular flexibility index (Phi) is 3.99. The van der Waals surface area contributed by atoms with Crippen molar-refractivity contribution in [2.45, 2.75) is 0 Å². The predicted molar refractivity (Wildman–Crippen MR) is 76.8 cm³/mol. The van der Waals surface area contributed by atoms with E-state index in [0.717, 1.165) is 23.1 Å². The summed E-state index contributed by atoms with van der Waals surface area (Å²) in [4.78, 5) is 21.9. The van der Waals surface area contributed by atoms with Crippen LogP contribution in [0.25, 0.3) is 12.3 Å². The summed E-state index contributed by atoms with van der Waals surface area (Å²) < 4.78 is 7.11. The van der Waals surface area contributed by atoms with Crippen LogP contribution in [0.15, 0.2) is 29.1 Å². The minimum absolute atomic E-state index is 0.258. The molecule has 0 aliphatic carbocycles. The summed E-state index contributed by atoms with van der Waals surface area (Å²) in [6.07, 6.45) is 2.52. The highest BCUT2D eigenvalue weighted by Gasteiger charge is 2.03. The van der Waals surface area contributed by atoms with Gasteiger partial charge in [-0.3, -0.25) is 19.5 Å². The molecule has 1 heterocycles. The second-order valence-corrected chi connectivity index (χ2v) is 5.07. The Balaban J connectivity index is 2.61. The standard InChI is InChI=1S/C13H12N2O4S/c1-14-12(8-15(17)18)20-11(13(14)16)7-9-4-3-5-10(6-9)19-2/h3-8H,1-2H3/b11-7+,12-8-. The molecular weight excluding hydrogens is 280 g/mol. The third-order valence-corrected chi connectivity index (χ3v) is 3.77. The number of hydrogen-bond donors (Lipinski definition) is 0. The van der Waals surface area contributed by atoms with Crippen LogP contribution < -0.4 is 19.5 Å². The number of aromatic nitrogens is 1. The van der Waals surface area contributed by atoms with Crippen molar-refractivity contribution in [1.29, 1.82) is 0 Å². The minimum Gasteiger partial charge on any atom is -0.497 e. The highest BCUT2D eigenvalue weighted by atomic mass is 32.1. The number of ether oxygens (including phenoxy) is 1. The summed E-state index contributed by atoms with van der Waals surface area (Å²) in [5.41, 5.74) is 0.543. The van der Waals surface area contributed by atoms with Gasteiger partial charge in [-0.15, -0.1) is 11.3 Å². The number of nitro groups is 1. The Morgan fingerprint density at radius 1 is 1.45 bits per heavy atom. The van der Waals surface area contributed by atoms with E-state index in [1.54, 1.807) is 25.3 Å². The molecule has 0 spiro atoms. The fourth-order valence-electron chi connectivity index (χ4n) is 1.67. The molecule has 0 aliphatic heterocycles. The first-order valence-electron chi connectivity index (χ1n) is 5.68. The monoisotopic (exact) mass is 292 g/mol. The maximum absolute atomic E-state index is 12.0. The molecule has 20 heavy (non-hydrogen) atoms. The van der Waals surface area contributed by atoms with Crippen molar-refractivity contribution in [2.75, 3.05) is 7.11 Å². The molecule has 1 aromatic carbocycles. The van der Waals surface area contributed by atoms with Gasteiger partial charge in [0.05, 0.1) is 16.6 Å². The van der Waals surface area contributed by atoms with Gasteiger partial charge in [0.25, 0.3) is 11.8 Å². The number of benzene rings is 1. The Labute approximate surface area is 118 Å². The molecule has 0 saturated heterocycles. The zero-order valence-corrected chi connectivity index (χ0v) is 11.7. The Morgan fingerprint density at radius 2 is 2.20 bits per heavy atom. The van der Waals surface area contributed by atoms with Crippen molar-refractivity contribution < 1.29 is 9.66 Å². The molecule has 0 saturated carbocycles. The quantitative estimate of drug-likeness (QED) is 0.602. The molecule has 0 atom stereocenters. The summed E-state index contributed by atoms with van der Waals surface area (Å²) in [5, 5.41) is 10.5. The first-order valence-corrected chi connectivity index (χ1v) is 6.50. The van der Waals surface area contributed by atoms with Crippen molar-refractivity contribution >= 4 is 23.6 Å². The van der Waals surface area contributed by atoms with Gasteiger partial charge in [0.1, 0.15) is 5.75 Å². The normalized spacial score (nSPS) is 12.7. The molecule has 0 amide bonds. The fourth-order valence-corrected chi connectivity index (χ4v) is 2.67. The van der Waals surface area contributed by atoms with Crippen LogP contribution in [0.5, 0.6) is 5.75 Å². The number of methoxy groups -OCH3 is 1. The van der Waals surface area contributed by atoms with E-state index in [-0.39, 0.29) is 5.56 Å². The second-order valence-electron chi connectivity index (χ2n) is 4.00. The summed E-state index contributed by atoms with van der Waals surface area (Å²) >= 11 is 1.08. The molecule has 7 heteroatoms. The molecule has 1 aromatic heterocycles. The summed E-state index contributed by atoms with van der Waals surface area (Å²) in [7, 11) is 3.07. The highest BCUT2D eigenvalue weighted by Crippen LogP contribution is 2.12. The van der Waals surface area contributed by atoms with E-state index in [4.69, 9.17) is 4.74 Å². The van der Waals surface area contributed by atoms with Crippen LogP contribution in [0.4, 0.5) is 0 Å². The van der Waals surface area contributed by atoms with E-state index < -0.39 is 4.92 Å². The third-order valence-electron chi connectivity index (χ3n) is 2.67. The Bertz CT molecular complexity index is 820. The number of hydrogen-bond acceptors (Lipinski definition) is 5. The predicted octanol–water partition coefficient (Wildman–Crippen LogP) is 0.299. The molecule has 6 nitrogen and oxygen atoms in total. The number of nitrogens with zero attached hydrogens (tertiary/aromatic N) is 2. The molecule has 0 bridgehead atoms. The zero-order chi connectivity index (χ0) is 14.7. The molecule has 0 unspecified atom stereocenters. The summed E-state index contributed by atoms with van der Waals surface area (Å²) in [6, 6.07) is 7.23. The van der Waals surface area contributed by atoms with Crippen LogP contribution in [-0.2, 0) is 7.05 Å². The van der Waals surface area contributed by atoms with Crippen LogP contribution in [0.1, 0.15) is 5.56 Å². The van der Waals surface area contributed by atoms with Crippen molar-refractivity contribution in [3.05, 3.63) is 59.5 Å². The SMILES string of the molecule is COc1cccc(/C=c2/s/c(=C\[N+](=O)[O-])n(C)c2=O)c1. The van der Waals surface area contributed by atoms with Crippen molar-refractivity contribution in [2.24, 2.45) is 7.05 Å². The lowest BCUT2D eigenvalue weighted by Gasteiger charge is -1.99. The maximum atomic E-state index is 12.0. The van der Waals surface area contributed by atoms with Crippen LogP contribution in [-0.4, -0.2) is 16.6 Å². The largest absolute Gasteiger partial charge is 0.497 e. The Hall–Kier alpha value is -2.41. The highest BCUT2D eigenvalue weighted by molar-refractivity contribution is 7.07. The van der Waals surface area contributed by atoms with Gasteiger partial charge in [0.15, 0.2) is 4.66 Å². The van der Waals surface area contributed by atoms with Gasteiger partial charge >= 0.3 is 0 Å². The maximum Gasteiger partial charge on any atom is 0.268 e. The topological polar surface area (TPSA) is 74.4 Å². The van der Waals surface area contributed by atoms with Crippen LogP contribution in [0.3, 0.4) is 0 Å².